The maximum Gasteiger partial charge on any atom is 0.573 e. The van der Waals surface area contributed by atoms with E-state index >= 15 is 0 Å². The second-order valence-electron chi connectivity index (χ2n) is 9.35. The minimum Gasteiger partial charge on any atom is -0.406 e. The van der Waals surface area contributed by atoms with Gasteiger partial charge in [-0.3, -0.25) is 4.79 Å². The maximum atomic E-state index is 14.3. The van der Waals surface area contributed by atoms with Gasteiger partial charge >= 0.3 is 18.4 Å². The molecule has 4 rings (SSSR count). The van der Waals surface area contributed by atoms with Crippen LogP contribution in [0.5, 0.6) is 5.75 Å². The molecule has 5 amide bonds. The number of amides is 5. The van der Waals surface area contributed by atoms with Crippen LogP contribution in [0.2, 0.25) is 0 Å². The molecule has 1 saturated carbocycles. The third-order valence-electron chi connectivity index (χ3n) is 6.58. The molecule has 2 aliphatic heterocycles. The van der Waals surface area contributed by atoms with E-state index < -0.39 is 29.4 Å². The molecular formula is C22H27F4N5O4. The minimum atomic E-state index is -4.94. The first-order valence-corrected chi connectivity index (χ1v) is 11.3. The van der Waals surface area contributed by atoms with Gasteiger partial charge in [-0.15, -0.1) is 13.2 Å². The van der Waals surface area contributed by atoms with E-state index in [-0.39, 0.29) is 49.1 Å². The molecule has 2 heterocycles. The number of piperidine rings is 1. The van der Waals surface area contributed by atoms with E-state index in [0.717, 1.165) is 25.0 Å². The van der Waals surface area contributed by atoms with Crippen LogP contribution in [-0.2, 0) is 11.3 Å². The van der Waals surface area contributed by atoms with E-state index in [2.05, 4.69) is 20.7 Å². The van der Waals surface area contributed by atoms with Crippen LogP contribution in [0.4, 0.5) is 27.2 Å². The lowest BCUT2D eigenvalue weighted by molar-refractivity contribution is -0.274. The summed E-state index contributed by atoms with van der Waals surface area (Å²) in [6, 6.07) is 1.56. The van der Waals surface area contributed by atoms with Crippen LogP contribution in [0, 0.1) is 11.2 Å². The van der Waals surface area contributed by atoms with Gasteiger partial charge in [-0.2, -0.15) is 0 Å². The van der Waals surface area contributed by atoms with Gasteiger partial charge in [0.25, 0.3) is 0 Å². The molecule has 0 radical (unpaired) electrons. The fourth-order valence-electron chi connectivity index (χ4n) is 4.97. The SMILES string of the molecule is CNC(=O)N1C[C@H](N(C(=O)NCc2ccc(OC(F)(F)F)cc2F)C2CC2)C[C@@]2(CNC(=O)C2)C1. The summed E-state index contributed by atoms with van der Waals surface area (Å²) < 4.78 is 55.1. The summed E-state index contributed by atoms with van der Waals surface area (Å²) in [6.45, 7) is 0.849. The molecule has 3 N–H and O–H groups in total. The summed E-state index contributed by atoms with van der Waals surface area (Å²) >= 11 is 0. The number of ether oxygens (including phenoxy) is 1. The van der Waals surface area contributed by atoms with E-state index in [0.29, 0.717) is 25.6 Å². The zero-order chi connectivity index (χ0) is 25.4. The Balaban J connectivity index is 1.46. The van der Waals surface area contributed by atoms with Crippen molar-refractivity contribution in [3.8, 4) is 5.75 Å². The first-order chi connectivity index (χ1) is 16.5. The predicted octanol–water partition coefficient (Wildman–Crippen LogP) is 2.32. The molecule has 1 aromatic carbocycles. The number of nitrogens with one attached hydrogen (secondary N) is 3. The fraction of sp³-hybridized carbons (Fsp3) is 0.591. The predicted molar refractivity (Wildman–Crippen MR) is 115 cm³/mol. The average Bonchev–Trinajstić information content (AvgIpc) is 3.54. The van der Waals surface area contributed by atoms with Crippen LogP contribution < -0.4 is 20.7 Å². The summed E-state index contributed by atoms with van der Waals surface area (Å²) in [6.07, 6.45) is -2.58. The Morgan fingerprint density at radius 1 is 1.29 bits per heavy atom. The number of alkyl halides is 3. The molecule has 3 aliphatic rings. The number of carbonyl (C=O) groups excluding carboxylic acids is 3. The summed E-state index contributed by atoms with van der Waals surface area (Å²) in [4.78, 5) is 40.9. The Bertz CT molecular complexity index is 1000. The Morgan fingerprint density at radius 2 is 2.03 bits per heavy atom. The summed E-state index contributed by atoms with van der Waals surface area (Å²) in [5.74, 6) is -1.73. The van der Waals surface area contributed by atoms with Gasteiger partial charge in [0.15, 0.2) is 0 Å². The Kier molecular flexibility index (Phi) is 6.69. The lowest BCUT2D eigenvalue weighted by Crippen LogP contribution is -2.61. The third-order valence-corrected chi connectivity index (χ3v) is 6.58. The maximum absolute atomic E-state index is 14.3. The highest BCUT2D eigenvalue weighted by Gasteiger charge is 2.50. The van der Waals surface area contributed by atoms with E-state index in [4.69, 9.17) is 0 Å². The Morgan fingerprint density at radius 3 is 2.60 bits per heavy atom. The van der Waals surface area contributed by atoms with Crippen LogP contribution in [0.25, 0.3) is 0 Å². The molecule has 192 valence electrons. The van der Waals surface area contributed by atoms with Crippen LogP contribution >= 0.6 is 0 Å². The second kappa shape index (κ2) is 9.42. The third kappa shape index (κ3) is 5.88. The summed E-state index contributed by atoms with van der Waals surface area (Å²) in [7, 11) is 1.52. The first kappa shape index (κ1) is 24.9. The molecule has 2 atom stereocenters. The van der Waals surface area contributed by atoms with Crippen LogP contribution in [0.1, 0.15) is 31.2 Å². The smallest absolute Gasteiger partial charge is 0.406 e. The molecule has 0 unspecified atom stereocenters. The summed E-state index contributed by atoms with van der Waals surface area (Å²) in [5, 5.41) is 8.08. The number of likely N-dealkylation sites (tertiary alicyclic amines) is 1. The molecule has 1 aliphatic carbocycles. The quantitative estimate of drug-likeness (QED) is 0.539. The zero-order valence-electron chi connectivity index (χ0n) is 19.1. The average molecular weight is 501 g/mol. The van der Waals surface area contributed by atoms with Gasteiger partial charge in [-0.1, -0.05) is 6.07 Å². The number of hydrogen-bond donors (Lipinski definition) is 3. The highest BCUT2D eigenvalue weighted by Crippen LogP contribution is 2.40. The number of urea groups is 2. The number of nitrogens with zero attached hydrogens (tertiary/aromatic N) is 2. The van der Waals surface area contributed by atoms with Crippen molar-refractivity contribution < 1.29 is 36.7 Å². The fourth-order valence-corrected chi connectivity index (χ4v) is 4.97. The van der Waals surface area contributed by atoms with Crippen molar-refractivity contribution in [3.63, 3.8) is 0 Å². The van der Waals surface area contributed by atoms with Crippen LogP contribution in [-0.4, -0.2) is 72.9 Å². The molecule has 13 heteroatoms. The lowest BCUT2D eigenvalue weighted by atomic mass is 9.76. The van der Waals surface area contributed by atoms with Gasteiger partial charge in [0, 0.05) is 62.7 Å². The lowest BCUT2D eigenvalue weighted by Gasteiger charge is -2.47. The van der Waals surface area contributed by atoms with Crippen molar-refractivity contribution in [2.75, 3.05) is 26.7 Å². The second-order valence-corrected chi connectivity index (χ2v) is 9.35. The van der Waals surface area contributed by atoms with Crippen molar-refractivity contribution in [3.05, 3.63) is 29.6 Å². The molecular weight excluding hydrogens is 474 g/mol. The zero-order valence-corrected chi connectivity index (χ0v) is 19.1. The Labute approximate surface area is 199 Å². The van der Waals surface area contributed by atoms with Gasteiger partial charge in [0.05, 0.1) is 6.04 Å². The molecule has 0 aromatic heterocycles. The number of halogens is 4. The van der Waals surface area contributed by atoms with Crippen molar-refractivity contribution in [1.82, 2.24) is 25.8 Å². The molecule has 1 aromatic rings. The van der Waals surface area contributed by atoms with Gasteiger partial charge in [0.1, 0.15) is 11.6 Å². The van der Waals surface area contributed by atoms with Gasteiger partial charge in [-0.25, -0.2) is 14.0 Å². The van der Waals surface area contributed by atoms with Gasteiger partial charge in [0.2, 0.25) is 5.91 Å². The highest BCUT2D eigenvalue weighted by atomic mass is 19.4. The van der Waals surface area contributed by atoms with E-state index in [1.807, 2.05) is 0 Å². The molecule has 1 spiro atoms. The van der Waals surface area contributed by atoms with Crippen molar-refractivity contribution in [2.24, 2.45) is 5.41 Å². The topological polar surface area (TPSA) is 103 Å². The van der Waals surface area contributed by atoms with E-state index in [1.54, 1.807) is 9.80 Å². The van der Waals surface area contributed by atoms with Crippen molar-refractivity contribution in [2.45, 2.75) is 50.7 Å². The Hall–Kier alpha value is -3.25. The number of carbonyl (C=O) groups is 3. The molecule has 3 fully saturated rings. The molecule has 0 bridgehead atoms. The summed E-state index contributed by atoms with van der Waals surface area (Å²) in [5.41, 5.74) is -0.485. The monoisotopic (exact) mass is 501 g/mol. The largest absolute Gasteiger partial charge is 0.573 e. The standard InChI is InChI=1S/C22H27F4N5O4/c1-27-19(33)30-10-15(7-21(12-30)8-18(32)29-11-21)31(14-3-4-14)20(34)28-9-13-2-5-16(6-17(13)23)35-22(24,25)26/h2,5-6,14-15H,3-4,7-12H2,1H3,(H,27,33)(H,28,34)(H,29,32)/t15-,21-/m1/s1. The van der Waals surface area contributed by atoms with Crippen LogP contribution in [0.15, 0.2) is 18.2 Å². The van der Waals surface area contributed by atoms with Gasteiger partial charge in [-0.05, 0) is 25.3 Å². The van der Waals surface area contributed by atoms with E-state index in [1.165, 1.54) is 7.05 Å². The molecule has 35 heavy (non-hydrogen) atoms. The number of hydrogen-bond acceptors (Lipinski definition) is 4. The number of benzene rings is 1. The highest BCUT2D eigenvalue weighted by molar-refractivity contribution is 5.80. The van der Waals surface area contributed by atoms with Crippen molar-refractivity contribution in [1.29, 1.82) is 0 Å². The number of rotatable bonds is 5. The molecule has 9 nitrogen and oxygen atoms in total. The minimum absolute atomic E-state index is 0.00122. The van der Waals surface area contributed by atoms with Gasteiger partial charge < -0.3 is 30.5 Å². The van der Waals surface area contributed by atoms with Crippen LogP contribution in [0.3, 0.4) is 0 Å². The van der Waals surface area contributed by atoms with Crippen molar-refractivity contribution >= 4 is 18.0 Å². The van der Waals surface area contributed by atoms with E-state index in [9.17, 15) is 31.9 Å². The molecule has 2 saturated heterocycles. The first-order valence-electron chi connectivity index (χ1n) is 11.3. The normalized spacial score (nSPS) is 24.2.